The van der Waals surface area contributed by atoms with Crippen molar-refractivity contribution in [2.75, 3.05) is 0 Å². The first-order chi connectivity index (χ1) is 5.46. The third-order valence-electron chi connectivity index (χ3n) is 1.31. The number of hydrogen-bond donors (Lipinski definition) is 4. The fourth-order valence-corrected chi connectivity index (χ4v) is 0.654. The minimum Gasteiger partial charge on any atom is -0.501 e. The Morgan fingerprint density at radius 2 is 0.769 bits per heavy atom. The van der Waals surface area contributed by atoms with Gasteiger partial charge in [0.2, 0.25) is 23.0 Å². The molecule has 6 nitrogen and oxygen atoms in total. The normalized spacial score (nSPS) is 17.5. The van der Waals surface area contributed by atoms with E-state index in [9.17, 15) is 9.59 Å². The summed E-state index contributed by atoms with van der Waals surface area (Å²) in [5, 5.41) is 34.6. The first kappa shape index (κ1) is 11.3. The predicted molar refractivity (Wildman–Crippen MR) is 41.8 cm³/mol. The average Bonchev–Trinajstić information content (AvgIpc) is 2.08. The van der Waals surface area contributed by atoms with Gasteiger partial charge in [-0.05, 0) is 0 Å². The summed E-state index contributed by atoms with van der Waals surface area (Å²) in [4.78, 5) is 21.2. The predicted octanol–water partition coefficient (Wildman–Crippen LogP) is 0.215. The van der Waals surface area contributed by atoms with Gasteiger partial charge in [-0.1, -0.05) is 0 Å². The molecule has 0 saturated carbocycles. The largest absolute Gasteiger partial charge is 0.501 e. The average molecular weight is 209 g/mol. The zero-order valence-electron chi connectivity index (χ0n) is 6.01. The number of rotatable bonds is 0. The topological polar surface area (TPSA) is 115 Å². The molecule has 4 N–H and O–H groups in total. The lowest BCUT2D eigenvalue weighted by Crippen LogP contribution is -2.23. The van der Waals surface area contributed by atoms with Gasteiger partial charge in [-0.15, -0.1) is 12.4 Å². The Morgan fingerprint density at radius 3 is 0.923 bits per heavy atom. The molecule has 13 heavy (non-hydrogen) atoms. The number of halogens is 1. The molecule has 0 spiro atoms. The molecule has 1 aliphatic carbocycles. The number of Topliss-reactive ketones (excluding diaryl/α,β-unsaturated/α-hetero) is 2. The molecule has 0 radical (unpaired) electrons. The molecule has 0 saturated heterocycles. The second-order valence-electron chi connectivity index (χ2n) is 2.05. The zero-order valence-corrected chi connectivity index (χ0v) is 6.83. The Labute approximate surface area is 77.8 Å². The molecule has 7 heteroatoms. The number of ketones is 2. The van der Waals surface area contributed by atoms with Crippen LogP contribution in [0.4, 0.5) is 0 Å². The minimum absolute atomic E-state index is 0. The number of hydrogen-bond acceptors (Lipinski definition) is 6. The van der Waals surface area contributed by atoms with Crippen molar-refractivity contribution in [3.63, 3.8) is 0 Å². The van der Waals surface area contributed by atoms with Gasteiger partial charge in [-0.3, -0.25) is 9.59 Å². The third kappa shape index (κ3) is 1.43. The maximum atomic E-state index is 10.6. The van der Waals surface area contributed by atoms with Crippen molar-refractivity contribution in [2.45, 2.75) is 0 Å². The Balaban J connectivity index is 0.00000144. The lowest BCUT2D eigenvalue weighted by molar-refractivity contribution is -0.124. The van der Waals surface area contributed by atoms with E-state index in [1.165, 1.54) is 0 Å². The molecular formula is C6H5ClO6. The van der Waals surface area contributed by atoms with Crippen molar-refractivity contribution in [1.82, 2.24) is 0 Å². The van der Waals surface area contributed by atoms with Gasteiger partial charge in [-0.25, -0.2) is 0 Å². The van der Waals surface area contributed by atoms with Crippen molar-refractivity contribution >= 4 is 24.0 Å². The number of aliphatic hydroxyl groups excluding tert-OH is 4. The smallest absolute Gasteiger partial charge is 0.269 e. The van der Waals surface area contributed by atoms with Crippen molar-refractivity contribution in [3.05, 3.63) is 23.0 Å². The molecule has 0 bridgehead atoms. The van der Waals surface area contributed by atoms with E-state index >= 15 is 0 Å². The van der Waals surface area contributed by atoms with Crippen LogP contribution in [-0.4, -0.2) is 32.0 Å². The van der Waals surface area contributed by atoms with Crippen LogP contribution in [0.2, 0.25) is 0 Å². The van der Waals surface area contributed by atoms with Gasteiger partial charge in [0.05, 0.1) is 0 Å². The monoisotopic (exact) mass is 208 g/mol. The summed E-state index contributed by atoms with van der Waals surface area (Å²) >= 11 is 0. The molecule has 0 unspecified atom stereocenters. The Kier molecular flexibility index (Phi) is 2.92. The molecule has 0 atom stereocenters. The van der Waals surface area contributed by atoms with E-state index in [1.54, 1.807) is 0 Å². The first-order valence-electron chi connectivity index (χ1n) is 2.80. The maximum Gasteiger partial charge on any atom is 0.269 e. The summed E-state index contributed by atoms with van der Waals surface area (Å²) in [7, 11) is 0. The van der Waals surface area contributed by atoms with Gasteiger partial charge < -0.3 is 20.4 Å². The molecule has 0 aromatic rings. The highest BCUT2D eigenvalue weighted by atomic mass is 35.5. The summed E-state index contributed by atoms with van der Waals surface area (Å²) < 4.78 is 0. The fraction of sp³-hybridized carbons (Fsp3) is 0. The van der Waals surface area contributed by atoms with Crippen molar-refractivity contribution in [3.8, 4) is 0 Å². The second kappa shape index (κ2) is 3.36. The molecule has 72 valence electrons. The van der Waals surface area contributed by atoms with Crippen LogP contribution in [0.1, 0.15) is 0 Å². The van der Waals surface area contributed by atoms with Gasteiger partial charge >= 0.3 is 0 Å². The van der Waals surface area contributed by atoms with Gasteiger partial charge in [0.1, 0.15) is 0 Å². The fourth-order valence-electron chi connectivity index (χ4n) is 0.654. The van der Waals surface area contributed by atoms with E-state index in [4.69, 9.17) is 20.4 Å². The van der Waals surface area contributed by atoms with Crippen LogP contribution in [0, 0.1) is 0 Å². The summed E-state index contributed by atoms with van der Waals surface area (Å²) in [6.45, 7) is 0. The molecule has 0 heterocycles. The second-order valence-corrected chi connectivity index (χ2v) is 2.05. The summed E-state index contributed by atoms with van der Waals surface area (Å²) in [6, 6.07) is 0. The lowest BCUT2D eigenvalue weighted by Gasteiger charge is -2.08. The molecule has 0 aromatic heterocycles. The van der Waals surface area contributed by atoms with Crippen molar-refractivity contribution in [1.29, 1.82) is 0 Å². The van der Waals surface area contributed by atoms with Gasteiger partial charge in [0.15, 0.2) is 0 Å². The standard InChI is InChI=1S/C6H4O6.ClH/c7-1-2(8)4(10)6(12)5(11)3(1)9;/h7-8,11-12H;1H. The van der Waals surface area contributed by atoms with Crippen LogP contribution in [0.3, 0.4) is 0 Å². The highest BCUT2D eigenvalue weighted by Gasteiger charge is 2.34. The van der Waals surface area contributed by atoms with Crippen LogP contribution in [-0.2, 0) is 9.59 Å². The number of aliphatic hydroxyl groups is 4. The van der Waals surface area contributed by atoms with E-state index in [-0.39, 0.29) is 12.4 Å². The van der Waals surface area contributed by atoms with Crippen LogP contribution < -0.4 is 0 Å². The highest BCUT2D eigenvalue weighted by Crippen LogP contribution is 2.17. The van der Waals surface area contributed by atoms with E-state index in [2.05, 4.69) is 0 Å². The SMILES string of the molecule is Cl.O=C1C(O)=C(O)C(=O)C(O)=C1O. The van der Waals surface area contributed by atoms with Gasteiger partial charge in [0, 0.05) is 0 Å². The molecule has 1 rings (SSSR count). The summed E-state index contributed by atoms with van der Waals surface area (Å²) in [5.74, 6) is -7.84. The molecular weight excluding hydrogens is 204 g/mol. The van der Waals surface area contributed by atoms with Gasteiger partial charge in [-0.2, -0.15) is 0 Å². The van der Waals surface area contributed by atoms with E-state index < -0.39 is 34.6 Å². The van der Waals surface area contributed by atoms with E-state index in [0.717, 1.165) is 0 Å². The lowest BCUT2D eigenvalue weighted by atomic mass is 10.1. The Bertz CT molecular complexity index is 277. The van der Waals surface area contributed by atoms with Crippen LogP contribution in [0.25, 0.3) is 0 Å². The molecule has 0 fully saturated rings. The Morgan fingerprint density at radius 1 is 0.615 bits per heavy atom. The van der Waals surface area contributed by atoms with Gasteiger partial charge in [0.25, 0.3) is 11.6 Å². The van der Waals surface area contributed by atoms with Crippen LogP contribution >= 0.6 is 12.4 Å². The molecule has 0 aromatic carbocycles. The molecule has 0 aliphatic heterocycles. The van der Waals surface area contributed by atoms with Crippen LogP contribution in [0.15, 0.2) is 23.0 Å². The highest BCUT2D eigenvalue weighted by molar-refractivity contribution is 6.21. The third-order valence-corrected chi connectivity index (χ3v) is 1.31. The zero-order chi connectivity index (χ0) is 9.46. The number of carbonyl (C=O) groups is 2. The van der Waals surface area contributed by atoms with Crippen molar-refractivity contribution < 1.29 is 30.0 Å². The van der Waals surface area contributed by atoms with E-state index in [1.807, 2.05) is 0 Å². The minimum atomic E-state index is -1.38. The number of carbonyl (C=O) groups excluding carboxylic acids is 2. The quantitative estimate of drug-likeness (QED) is 0.423. The molecule has 0 amide bonds. The first-order valence-corrected chi connectivity index (χ1v) is 2.80. The summed E-state index contributed by atoms with van der Waals surface area (Å²) in [5.41, 5.74) is 0. The summed E-state index contributed by atoms with van der Waals surface area (Å²) in [6.07, 6.45) is 0. The van der Waals surface area contributed by atoms with E-state index in [0.29, 0.717) is 0 Å². The van der Waals surface area contributed by atoms with Crippen LogP contribution in [0.5, 0.6) is 0 Å². The van der Waals surface area contributed by atoms with Crippen molar-refractivity contribution in [2.24, 2.45) is 0 Å². The molecule has 1 aliphatic rings. The Hall–Kier alpha value is -1.69. The maximum absolute atomic E-state index is 10.6.